The molecule has 0 aliphatic carbocycles. The van der Waals surface area contributed by atoms with Gasteiger partial charge in [-0.15, -0.1) is 0 Å². The van der Waals surface area contributed by atoms with Crippen molar-refractivity contribution in [2.24, 2.45) is 0 Å². The molecular formula is C21H27NO3S. The second-order valence-electron chi connectivity index (χ2n) is 6.83. The van der Waals surface area contributed by atoms with Crippen molar-refractivity contribution in [3.63, 3.8) is 0 Å². The molecule has 3 rings (SSSR count). The summed E-state index contributed by atoms with van der Waals surface area (Å²) in [6.45, 7) is 1.09. The number of hydrogen-bond acceptors (Lipinski definition) is 3. The molecule has 0 spiro atoms. The van der Waals surface area contributed by atoms with Crippen molar-refractivity contribution in [2.75, 3.05) is 18.9 Å². The molecular weight excluding hydrogens is 346 g/mol. The number of rotatable bonds is 8. The van der Waals surface area contributed by atoms with Gasteiger partial charge in [0.2, 0.25) is 10.0 Å². The molecule has 4 nitrogen and oxygen atoms in total. The van der Waals surface area contributed by atoms with Crippen LogP contribution >= 0.6 is 0 Å². The summed E-state index contributed by atoms with van der Waals surface area (Å²) in [7, 11) is -3.32. The Bertz CT molecular complexity index is 717. The van der Waals surface area contributed by atoms with Crippen molar-refractivity contribution in [2.45, 2.75) is 37.7 Å². The number of benzene rings is 2. The first-order valence-corrected chi connectivity index (χ1v) is 11.0. The van der Waals surface area contributed by atoms with Crippen molar-refractivity contribution in [1.29, 1.82) is 0 Å². The standard InChI is InChI=1S/C21H27NO3S/c23-26(24,17-20-13-7-8-16-25-20)22-15-14-21(18-9-3-1-4-10-18)19-11-5-2-6-12-19/h1-6,9-12,20-22H,7-8,13-17H2. The van der Waals surface area contributed by atoms with Crippen molar-refractivity contribution >= 4 is 10.0 Å². The third-order valence-electron chi connectivity index (χ3n) is 4.84. The Morgan fingerprint density at radius 3 is 2.12 bits per heavy atom. The molecule has 0 aromatic heterocycles. The highest BCUT2D eigenvalue weighted by atomic mass is 32.2. The van der Waals surface area contributed by atoms with Gasteiger partial charge in [0.25, 0.3) is 0 Å². The minimum absolute atomic E-state index is 0.0638. The van der Waals surface area contributed by atoms with Crippen LogP contribution in [-0.4, -0.2) is 33.4 Å². The third-order valence-corrected chi connectivity index (χ3v) is 6.29. The quantitative estimate of drug-likeness (QED) is 0.768. The van der Waals surface area contributed by atoms with Crippen LogP contribution in [0.5, 0.6) is 0 Å². The van der Waals surface area contributed by atoms with Crippen molar-refractivity contribution < 1.29 is 13.2 Å². The van der Waals surface area contributed by atoms with E-state index in [0.717, 1.165) is 25.7 Å². The summed E-state index contributed by atoms with van der Waals surface area (Å²) in [5, 5.41) is 0. The van der Waals surface area contributed by atoms with E-state index >= 15 is 0 Å². The molecule has 0 bridgehead atoms. The number of nitrogens with one attached hydrogen (secondary N) is 1. The Kier molecular flexibility index (Phi) is 6.83. The van der Waals surface area contributed by atoms with Gasteiger partial charge >= 0.3 is 0 Å². The number of ether oxygens (including phenoxy) is 1. The first kappa shape index (κ1) is 19.1. The van der Waals surface area contributed by atoms with E-state index in [1.54, 1.807) is 0 Å². The van der Waals surface area contributed by atoms with Gasteiger partial charge in [0.05, 0.1) is 11.9 Å². The van der Waals surface area contributed by atoms with Crippen molar-refractivity contribution in [1.82, 2.24) is 4.72 Å². The highest BCUT2D eigenvalue weighted by molar-refractivity contribution is 7.89. The Morgan fingerprint density at radius 1 is 0.962 bits per heavy atom. The molecule has 1 aliphatic rings. The lowest BCUT2D eigenvalue weighted by Gasteiger charge is -2.23. The van der Waals surface area contributed by atoms with E-state index < -0.39 is 10.0 Å². The van der Waals surface area contributed by atoms with Crippen LogP contribution in [0.15, 0.2) is 60.7 Å². The first-order valence-electron chi connectivity index (χ1n) is 9.33. The van der Waals surface area contributed by atoms with Gasteiger partial charge in [0, 0.05) is 19.1 Å². The topological polar surface area (TPSA) is 55.4 Å². The lowest BCUT2D eigenvalue weighted by atomic mass is 9.89. The van der Waals surface area contributed by atoms with E-state index in [2.05, 4.69) is 29.0 Å². The number of sulfonamides is 1. The smallest absolute Gasteiger partial charge is 0.214 e. The van der Waals surface area contributed by atoms with Crippen LogP contribution in [0.3, 0.4) is 0 Å². The minimum atomic E-state index is -3.32. The van der Waals surface area contributed by atoms with Crippen LogP contribution in [-0.2, 0) is 14.8 Å². The fraction of sp³-hybridized carbons (Fsp3) is 0.429. The molecule has 26 heavy (non-hydrogen) atoms. The van der Waals surface area contributed by atoms with Gasteiger partial charge in [-0.1, -0.05) is 60.7 Å². The van der Waals surface area contributed by atoms with Crippen LogP contribution in [0.4, 0.5) is 0 Å². The average Bonchev–Trinajstić information content (AvgIpc) is 2.67. The predicted molar refractivity (Wildman–Crippen MR) is 105 cm³/mol. The van der Waals surface area contributed by atoms with E-state index in [9.17, 15) is 8.42 Å². The van der Waals surface area contributed by atoms with Crippen LogP contribution in [0.2, 0.25) is 0 Å². The summed E-state index contributed by atoms with van der Waals surface area (Å²) in [5.74, 6) is 0.236. The Morgan fingerprint density at radius 2 is 1.58 bits per heavy atom. The largest absolute Gasteiger partial charge is 0.377 e. The fourth-order valence-corrected chi connectivity index (χ4v) is 4.80. The summed E-state index contributed by atoms with van der Waals surface area (Å²) in [5.41, 5.74) is 2.40. The molecule has 1 aliphatic heterocycles. The van der Waals surface area contributed by atoms with Crippen LogP contribution < -0.4 is 4.72 Å². The lowest BCUT2D eigenvalue weighted by Crippen LogP contribution is -2.35. The normalized spacial score (nSPS) is 18.1. The maximum absolute atomic E-state index is 12.4. The number of hydrogen-bond donors (Lipinski definition) is 1. The molecule has 140 valence electrons. The molecule has 0 saturated carbocycles. The van der Waals surface area contributed by atoms with Gasteiger partial charge in [0.15, 0.2) is 0 Å². The average molecular weight is 374 g/mol. The van der Waals surface area contributed by atoms with E-state index in [-0.39, 0.29) is 17.8 Å². The van der Waals surface area contributed by atoms with Crippen LogP contribution in [0.25, 0.3) is 0 Å². The molecule has 1 fully saturated rings. The molecule has 1 atom stereocenters. The highest BCUT2D eigenvalue weighted by Gasteiger charge is 2.22. The van der Waals surface area contributed by atoms with Crippen molar-refractivity contribution in [3.8, 4) is 0 Å². The molecule has 5 heteroatoms. The fourth-order valence-electron chi connectivity index (χ4n) is 3.50. The van der Waals surface area contributed by atoms with E-state index in [0.29, 0.717) is 13.2 Å². The molecule has 0 radical (unpaired) electrons. The summed E-state index contributed by atoms with van der Waals surface area (Å²) >= 11 is 0. The zero-order valence-corrected chi connectivity index (χ0v) is 15.8. The van der Waals surface area contributed by atoms with Gasteiger partial charge in [-0.05, 0) is 36.8 Å². The molecule has 1 heterocycles. The molecule has 2 aromatic rings. The maximum Gasteiger partial charge on any atom is 0.214 e. The van der Waals surface area contributed by atoms with Crippen LogP contribution in [0, 0.1) is 0 Å². The second-order valence-corrected chi connectivity index (χ2v) is 8.68. The van der Waals surface area contributed by atoms with Gasteiger partial charge in [-0.2, -0.15) is 0 Å². The summed E-state index contributed by atoms with van der Waals surface area (Å²) < 4.78 is 33.1. The molecule has 1 N–H and O–H groups in total. The summed E-state index contributed by atoms with van der Waals surface area (Å²) in [4.78, 5) is 0. The van der Waals surface area contributed by atoms with E-state index in [1.807, 2.05) is 36.4 Å². The van der Waals surface area contributed by atoms with Gasteiger partial charge in [-0.25, -0.2) is 13.1 Å². The Balaban J connectivity index is 1.61. The van der Waals surface area contributed by atoms with E-state index in [1.165, 1.54) is 11.1 Å². The van der Waals surface area contributed by atoms with Gasteiger partial charge in [0.1, 0.15) is 0 Å². The molecule has 1 saturated heterocycles. The van der Waals surface area contributed by atoms with Gasteiger partial charge in [-0.3, -0.25) is 0 Å². The zero-order valence-electron chi connectivity index (χ0n) is 15.0. The Hall–Kier alpha value is -1.69. The van der Waals surface area contributed by atoms with Gasteiger partial charge < -0.3 is 4.74 Å². The minimum Gasteiger partial charge on any atom is -0.377 e. The zero-order chi connectivity index (χ0) is 18.2. The molecule has 2 aromatic carbocycles. The Labute approximate surface area is 156 Å². The summed E-state index contributed by atoms with van der Waals surface area (Å²) in [6, 6.07) is 20.5. The summed E-state index contributed by atoms with van der Waals surface area (Å²) in [6.07, 6.45) is 3.46. The first-order chi connectivity index (χ1) is 12.6. The van der Waals surface area contributed by atoms with E-state index in [4.69, 9.17) is 4.74 Å². The maximum atomic E-state index is 12.4. The monoisotopic (exact) mass is 373 g/mol. The third kappa shape index (κ3) is 5.66. The molecule has 0 amide bonds. The molecule has 1 unspecified atom stereocenters. The lowest BCUT2D eigenvalue weighted by molar-refractivity contribution is 0.0304. The highest BCUT2D eigenvalue weighted by Crippen LogP contribution is 2.27. The second kappa shape index (κ2) is 9.31. The SMILES string of the molecule is O=S(=O)(CC1CCCCO1)NCCC(c1ccccc1)c1ccccc1. The van der Waals surface area contributed by atoms with Crippen LogP contribution in [0.1, 0.15) is 42.7 Å². The van der Waals surface area contributed by atoms with Crippen molar-refractivity contribution in [3.05, 3.63) is 71.8 Å². The predicted octanol–water partition coefficient (Wildman–Crippen LogP) is 3.70.